The van der Waals surface area contributed by atoms with E-state index in [2.05, 4.69) is 193 Å². The van der Waals surface area contributed by atoms with Crippen LogP contribution in [-0.2, 0) is 0 Å². The van der Waals surface area contributed by atoms with Crippen molar-refractivity contribution in [1.82, 2.24) is 4.57 Å². The van der Waals surface area contributed by atoms with Gasteiger partial charge >= 0.3 is 0 Å². The van der Waals surface area contributed by atoms with Gasteiger partial charge in [-0.3, -0.25) is 0 Å². The lowest BCUT2D eigenvalue weighted by molar-refractivity contribution is 0.211. The van der Waals surface area contributed by atoms with Gasteiger partial charge in [-0.05, 0) is 132 Å². The van der Waals surface area contributed by atoms with Gasteiger partial charge in [-0.15, -0.1) is 0 Å². The summed E-state index contributed by atoms with van der Waals surface area (Å²) in [6.45, 7) is 4.98. The molecule has 1 fully saturated rings. The lowest BCUT2D eigenvalue weighted by Crippen LogP contribution is -2.41. The summed E-state index contributed by atoms with van der Waals surface area (Å²) in [4.78, 5) is 2.83. The SMILES string of the molecule is CC1CC2C3=C(CC(c4ccc5c6ccccc6n(-c6ccc(C7C=CC=CC7)cc6)c5c4)C=C3)N(c3cc(C4=CCCC=C4)cc(-c4ccccc4)c3)C2CC1C. The van der Waals surface area contributed by atoms with Crippen molar-refractivity contribution in [2.24, 2.45) is 17.8 Å². The Morgan fingerprint density at radius 1 is 0.569 bits per heavy atom. The van der Waals surface area contributed by atoms with Crippen LogP contribution in [0.3, 0.4) is 0 Å². The molecule has 286 valence electrons. The van der Waals surface area contributed by atoms with Crippen molar-refractivity contribution in [2.75, 3.05) is 4.90 Å². The van der Waals surface area contributed by atoms with Crippen molar-refractivity contribution >= 4 is 33.1 Å². The second-order valence-electron chi connectivity index (χ2n) is 17.7. The first-order valence-corrected chi connectivity index (χ1v) is 21.8. The van der Waals surface area contributed by atoms with Crippen LogP contribution >= 0.6 is 0 Å². The smallest absolute Gasteiger partial charge is 0.0544 e. The maximum Gasteiger partial charge on any atom is 0.0544 e. The summed E-state index contributed by atoms with van der Waals surface area (Å²) in [6.07, 6.45) is 27.9. The van der Waals surface area contributed by atoms with Crippen LogP contribution in [0.25, 0.3) is 44.2 Å². The molecule has 2 nitrogen and oxygen atoms in total. The van der Waals surface area contributed by atoms with Gasteiger partial charge in [0.15, 0.2) is 0 Å². The fraction of sp³-hybridized carbons (Fsp3) is 0.250. The van der Waals surface area contributed by atoms with E-state index in [-0.39, 0.29) is 0 Å². The monoisotopic (exact) mass is 752 g/mol. The van der Waals surface area contributed by atoms with E-state index in [1.165, 1.54) is 85.1 Å². The second-order valence-corrected chi connectivity index (χ2v) is 17.7. The molecule has 4 aliphatic carbocycles. The van der Waals surface area contributed by atoms with Crippen LogP contribution in [0.1, 0.15) is 80.9 Å². The predicted molar refractivity (Wildman–Crippen MR) is 245 cm³/mol. The Bertz CT molecular complexity index is 2730. The highest BCUT2D eigenvalue weighted by molar-refractivity contribution is 6.09. The molecule has 6 unspecified atom stereocenters. The van der Waals surface area contributed by atoms with Crippen LogP contribution in [0.15, 0.2) is 181 Å². The summed E-state index contributed by atoms with van der Waals surface area (Å²) in [7, 11) is 0. The molecule has 11 rings (SSSR count). The highest BCUT2D eigenvalue weighted by atomic mass is 15.2. The first-order valence-electron chi connectivity index (χ1n) is 21.8. The van der Waals surface area contributed by atoms with Gasteiger partial charge in [-0.25, -0.2) is 0 Å². The summed E-state index contributed by atoms with van der Waals surface area (Å²) < 4.78 is 2.50. The molecule has 5 aliphatic rings. The summed E-state index contributed by atoms with van der Waals surface area (Å²) in [5.41, 5.74) is 16.3. The van der Waals surface area contributed by atoms with Crippen molar-refractivity contribution in [1.29, 1.82) is 0 Å². The molecule has 0 radical (unpaired) electrons. The molecule has 0 bridgehead atoms. The van der Waals surface area contributed by atoms with E-state index in [0.717, 1.165) is 31.6 Å². The van der Waals surface area contributed by atoms with E-state index in [9.17, 15) is 0 Å². The summed E-state index contributed by atoms with van der Waals surface area (Å²) in [5, 5.41) is 2.63. The highest BCUT2D eigenvalue weighted by Crippen LogP contribution is 2.53. The van der Waals surface area contributed by atoms with Crippen molar-refractivity contribution < 1.29 is 0 Å². The van der Waals surface area contributed by atoms with Crippen molar-refractivity contribution in [3.05, 3.63) is 198 Å². The van der Waals surface area contributed by atoms with E-state index in [1.807, 2.05) is 0 Å². The molecular weight excluding hydrogens is 701 g/mol. The molecule has 5 aromatic carbocycles. The normalized spacial score (nSPS) is 25.1. The van der Waals surface area contributed by atoms with E-state index < -0.39 is 0 Å². The molecule has 58 heavy (non-hydrogen) atoms. The molecule has 1 saturated carbocycles. The maximum atomic E-state index is 2.83. The lowest BCUT2D eigenvalue weighted by Gasteiger charge is -2.41. The molecule has 0 spiro atoms. The number of benzene rings is 5. The van der Waals surface area contributed by atoms with Gasteiger partial charge in [0.1, 0.15) is 0 Å². The minimum atomic E-state index is 0.293. The van der Waals surface area contributed by atoms with E-state index in [1.54, 1.807) is 5.57 Å². The maximum absolute atomic E-state index is 2.83. The van der Waals surface area contributed by atoms with Gasteiger partial charge in [0.05, 0.1) is 11.0 Å². The van der Waals surface area contributed by atoms with Crippen LogP contribution in [0.4, 0.5) is 5.69 Å². The van der Waals surface area contributed by atoms with Crippen LogP contribution in [0.5, 0.6) is 0 Å². The number of hydrogen-bond donors (Lipinski definition) is 0. The third-order valence-electron chi connectivity index (χ3n) is 14.3. The Morgan fingerprint density at radius 3 is 2.19 bits per heavy atom. The summed E-state index contributed by atoms with van der Waals surface area (Å²) >= 11 is 0. The molecule has 1 aromatic heterocycles. The van der Waals surface area contributed by atoms with Crippen LogP contribution in [-0.4, -0.2) is 10.6 Å². The second kappa shape index (κ2) is 14.5. The average molecular weight is 753 g/mol. The zero-order valence-electron chi connectivity index (χ0n) is 33.8. The number of fused-ring (bicyclic) bond motifs is 5. The van der Waals surface area contributed by atoms with Crippen LogP contribution in [0, 0.1) is 17.8 Å². The summed E-state index contributed by atoms with van der Waals surface area (Å²) in [6, 6.07) is 44.5. The van der Waals surface area contributed by atoms with Gasteiger partial charge in [0, 0.05) is 51.6 Å². The Labute approximate surface area is 343 Å². The van der Waals surface area contributed by atoms with E-state index in [0.29, 0.717) is 29.7 Å². The van der Waals surface area contributed by atoms with Crippen molar-refractivity contribution in [2.45, 2.75) is 70.3 Å². The van der Waals surface area contributed by atoms with Crippen LogP contribution < -0.4 is 4.90 Å². The Hall–Kier alpha value is -5.86. The van der Waals surface area contributed by atoms with Gasteiger partial charge in [-0.1, -0.05) is 141 Å². The quantitative estimate of drug-likeness (QED) is 0.164. The van der Waals surface area contributed by atoms with Crippen molar-refractivity contribution in [3.63, 3.8) is 0 Å². The number of aromatic nitrogens is 1. The van der Waals surface area contributed by atoms with Crippen LogP contribution in [0.2, 0.25) is 0 Å². The van der Waals surface area contributed by atoms with Gasteiger partial charge < -0.3 is 9.47 Å². The molecule has 1 aliphatic heterocycles. The number of allylic oxidation sites excluding steroid dienone is 11. The number of para-hydroxylation sites is 1. The van der Waals surface area contributed by atoms with Gasteiger partial charge in [0.25, 0.3) is 0 Å². The zero-order chi connectivity index (χ0) is 38.7. The predicted octanol–water partition coefficient (Wildman–Crippen LogP) is 14.7. The topological polar surface area (TPSA) is 8.17 Å². The molecule has 2 heteroatoms. The lowest BCUT2D eigenvalue weighted by atomic mass is 9.71. The Kier molecular flexibility index (Phi) is 8.83. The zero-order valence-corrected chi connectivity index (χ0v) is 33.8. The average Bonchev–Trinajstić information content (AvgIpc) is 3.78. The molecular formula is C56H52N2. The largest absolute Gasteiger partial charge is 0.341 e. The molecule has 6 atom stereocenters. The third-order valence-corrected chi connectivity index (χ3v) is 14.3. The minimum Gasteiger partial charge on any atom is -0.341 e. The molecule has 0 saturated heterocycles. The highest BCUT2D eigenvalue weighted by Gasteiger charge is 2.46. The molecule has 2 heterocycles. The van der Waals surface area contributed by atoms with Gasteiger partial charge in [0.2, 0.25) is 0 Å². The fourth-order valence-electron chi connectivity index (χ4n) is 11.0. The van der Waals surface area contributed by atoms with E-state index >= 15 is 0 Å². The minimum absolute atomic E-state index is 0.293. The third kappa shape index (κ3) is 6.08. The van der Waals surface area contributed by atoms with Crippen molar-refractivity contribution in [3.8, 4) is 16.8 Å². The first-order chi connectivity index (χ1) is 28.6. The number of rotatable bonds is 6. The standard InChI is InChI=1S/C56H52N2/c1-37-30-52-51-29-25-44(43-24-28-50-49-20-12-13-21-53(49)57(55(50)35-43)47-26-22-42(23-27-47)39-14-6-3-7-15-39)36-56(51)58(54(52)31-38(37)2)48-33-45(40-16-8-4-9-17-40)32-46(34-48)41-18-10-5-11-19-41/h3-4,6-10,12-14,16-29,32-35,37-39,44,52,54H,5,11,15,30-31,36H2,1-2H3. The number of anilines is 1. The number of hydrogen-bond acceptors (Lipinski definition) is 1. The number of nitrogens with zero attached hydrogens (tertiary/aromatic N) is 2. The fourth-order valence-corrected chi connectivity index (χ4v) is 11.0. The van der Waals surface area contributed by atoms with Gasteiger partial charge in [-0.2, -0.15) is 0 Å². The Morgan fingerprint density at radius 2 is 1.36 bits per heavy atom. The molecule has 0 amide bonds. The summed E-state index contributed by atoms with van der Waals surface area (Å²) in [5.74, 6) is 2.71. The first kappa shape index (κ1) is 35.3. The molecule has 0 N–H and O–H groups in total. The van der Waals surface area contributed by atoms with E-state index in [4.69, 9.17) is 0 Å². The Balaban J connectivity index is 1.00. The molecule has 6 aromatic rings.